The Labute approximate surface area is 186 Å². The van der Waals surface area contributed by atoms with Gasteiger partial charge >= 0.3 is 0 Å². The van der Waals surface area contributed by atoms with E-state index < -0.39 is 0 Å². The van der Waals surface area contributed by atoms with Gasteiger partial charge in [-0.1, -0.05) is 43.6 Å². The monoisotopic (exact) mass is 438 g/mol. The first-order valence-electron chi connectivity index (χ1n) is 9.55. The van der Waals surface area contributed by atoms with Crippen molar-refractivity contribution in [3.8, 4) is 28.1 Å². The molecule has 7 heteroatoms. The van der Waals surface area contributed by atoms with E-state index in [1.54, 1.807) is 6.07 Å². The highest BCUT2D eigenvalue weighted by molar-refractivity contribution is 7.08. The molecule has 0 amide bonds. The molecule has 5 nitrogen and oxygen atoms in total. The molecule has 3 rings (SSSR count). The summed E-state index contributed by atoms with van der Waals surface area (Å²) in [6.45, 7) is 8.15. The van der Waals surface area contributed by atoms with Gasteiger partial charge in [-0.05, 0) is 43.2 Å². The van der Waals surface area contributed by atoms with E-state index in [0.29, 0.717) is 38.6 Å². The Morgan fingerprint density at radius 2 is 1.97 bits per heavy atom. The van der Waals surface area contributed by atoms with E-state index >= 15 is 0 Å². The van der Waals surface area contributed by atoms with Gasteiger partial charge in [0.25, 0.3) is 0 Å². The van der Waals surface area contributed by atoms with E-state index in [-0.39, 0.29) is 0 Å². The molecule has 0 fully saturated rings. The average molecular weight is 439 g/mol. The molecule has 154 valence electrons. The Kier molecular flexibility index (Phi) is 6.76. The van der Waals surface area contributed by atoms with E-state index in [4.69, 9.17) is 21.3 Å². The van der Waals surface area contributed by atoms with Crippen molar-refractivity contribution in [2.45, 2.75) is 27.7 Å². The number of ether oxygens (including phenoxy) is 1. The summed E-state index contributed by atoms with van der Waals surface area (Å²) in [7, 11) is 1.88. The molecular formula is C23H23ClN4OS. The maximum atomic E-state index is 9.73. The van der Waals surface area contributed by atoms with Gasteiger partial charge in [-0.3, -0.25) is 0 Å². The lowest BCUT2D eigenvalue weighted by Crippen LogP contribution is -2.23. The van der Waals surface area contributed by atoms with Gasteiger partial charge in [0.2, 0.25) is 5.06 Å². The number of aromatic nitrogens is 1. The topological polar surface area (TPSA) is 70.3 Å². The highest BCUT2D eigenvalue weighted by Gasteiger charge is 2.20. The Bertz CT molecular complexity index is 1140. The van der Waals surface area contributed by atoms with Crippen molar-refractivity contribution < 1.29 is 4.74 Å². The number of halogens is 1. The van der Waals surface area contributed by atoms with Crippen LogP contribution in [0.5, 0.6) is 10.8 Å². The standard InChI is InChI=1S/C23H23ClN4OS/c1-13(2)22(26-5)27-19-10-15(4)20(11-14(19)3)29-23-17(12-25)21(28-30-23)16-8-6-7-9-18(16)24/h6-11,13H,1-5H3,(H,26,27). The summed E-state index contributed by atoms with van der Waals surface area (Å²) in [6.07, 6.45) is 0. The van der Waals surface area contributed by atoms with Gasteiger partial charge in [0.15, 0.2) is 0 Å². The van der Waals surface area contributed by atoms with Crippen LogP contribution in [0.25, 0.3) is 11.3 Å². The van der Waals surface area contributed by atoms with Gasteiger partial charge in [-0.15, -0.1) is 0 Å². The molecule has 1 heterocycles. The Balaban J connectivity index is 1.97. The van der Waals surface area contributed by atoms with Crippen LogP contribution in [0.1, 0.15) is 30.5 Å². The van der Waals surface area contributed by atoms with E-state index in [1.165, 1.54) is 0 Å². The lowest BCUT2D eigenvalue weighted by Gasteiger charge is -2.13. The molecule has 1 N–H and O–H groups in total. The minimum absolute atomic E-state index is 0.296. The molecule has 0 atom stereocenters. The summed E-state index contributed by atoms with van der Waals surface area (Å²) in [5.74, 6) is 1.89. The second-order valence-corrected chi connectivity index (χ2v) is 8.34. The molecule has 0 saturated carbocycles. The number of nitrogens with one attached hydrogen (secondary N) is 1. The Hall–Kier alpha value is -2.88. The second kappa shape index (κ2) is 9.29. The number of rotatable bonds is 5. The van der Waals surface area contributed by atoms with E-state index in [2.05, 4.69) is 29.6 Å². The number of nitriles is 1. The summed E-state index contributed by atoms with van der Waals surface area (Å²) in [4.78, 5) is 4.75. The van der Waals surface area contributed by atoms with Gasteiger partial charge in [0.05, 0.1) is 10.7 Å². The van der Waals surface area contributed by atoms with Crippen molar-refractivity contribution in [1.29, 1.82) is 5.26 Å². The molecule has 0 aliphatic rings. The van der Waals surface area contributed by atoms with Gasteiger partial charge in [0.1, 0.15) is 28.9 Å². The molecule has 3 aromatic rings. The largest absolute Gasteiger partial charge is 0.443 e. The summed E-state index contributed by atoms with van der Waals surface area (Å²) >= 11 is 7.44. The fraction of sp³-hybridized carbons (Fsp3) is 0.261. The normalized spacial score (nSPS) is 11.5. The third-order valence-electron chi connectivity index (χ3n) is 4.64. The average Bonchev–Trinajstić information content (AvgIpc) is 3.11. The van der Waals surface area contributed by atoms with Crippen LogP contribution >= 0.6 is 23.1 Å². The van der Waals surface area contributed by atoms with Crippen LogP contribution < -0.4 is 10.1 Å². The van der Waals surface area contributed by atoms with Crippen LogP contribution in [-0.4, -0.2) is 17.3 Å². The molecule has 30 heavy (non-hydrogen) atoms. The lowest BCUT2D eigenvalue weighted by molar-refractivity contribution is 0.491. The number of nitrogens with zero attached hydrogens (tertiary/aromatic N) is 3. The second-order valence-electron chi connectivity index (χ2n) is 7.19. The van der Waals surface area contributed by atoms with Gasteiger partial charge in [-0.25, -0.2) is 4.99 Å². The van der Waals surface area contributed by atoms with Crippen molar-refractivity contribution in [1.82, 2.24) is 9.69 Å². The maximum Gasteiger partial charge on any atom is 0.218 e. The zero-order chi connectivity index (χ0) is 21.8. The number of benzene rings is 2. The van der Waals surface area contributed by atoms with Gasteiger partial charge in [0, 0.05) is 30.1 Å². The van der Waals surface area contributed by atoms with Crippen LogP contribution in [0.3, 0.4) is 0 Å². The zero-order valence-corrected chi connectivity index (χ0v) is 19.1. The van der Waals surface area contributed by atoms with E-state index in [0.717, 1.165) is 34.2 Å². The lowest BCUT2D eigenvalue weighted by atomic mass is 10.1. The van der Waals surface area contributed by atoms with Gasteiger partial charge < -0.3 is 10.1 Å². The predicted molar refractivity (Wildman–Crippen MR) is 124 cm³/mol. The van der Waals surface area contributed by atoms with Crippen molar-refractivity contribution in [2.75, 3.05) is 7.05 Å². The Morgan fingerprint density at radius 3 is 2.60 bits per heavy atom. The number of hydrogen-bond acceptors (Lipinski definition) is 5. The van der Waals surface area contributed by atoms with Gasteiger partial charge in [-0.2, -0.15) is 9.64 Å². The molecule has 2 aromatic carbocycles. The SMILES string of the molecule is CNC(=Nc1cc(C)c(Oc2snc(-c3ccccc3Cl)c2C#N)cc1C)C(C)C. The van der Waals surface area contributed by atoms with E-state index in [1.807, 2.05) is 51.2 Å². The molecule has 0 spiro atoms. The maximum absolute atomic E-state index is 9.73. The third kappa shape index (κ3) is 4.48. The fourth-order valence-electron chi connectivity index (χ4n) is 2.99. The van der Waals surface area contributed by atoms with E-state index in [9.17, 15) is 5.26 Å². The summed E-state index contributed by atoms with van der Waals surface area (Å²) in [5.41, 5.74) is 4.43. The minimum atomic E-state index is 0.296. The molecule has 1 aromatic heterocycles. The summed E-state index contributed by atoms with van der Waals surface area (Å²) in [6, 6.07) is 13.5. The number of amidine groups is 1. The third-order valence-corrected chi connectivity index (χ3v) is 5.70. The molecule has 0 bridgehead atoms. The van der Waals surface area contributed by atoms with Crippen LogP contribution in [-0.2, 0) is 0 Å². The highest BCUT2D eigenvalue weighted by atomic mass is 35.5. The number of aryl methyl sites for hydroxylation is 2. The predicted octanol–water partition coefficient (Wildman–Crippen LogP) is 6.65. The molecule has 0 saturated heterocycles. The van der Waals surface area contributed by atoms with Crippen LogP contribution in [0.15, 0.2) is 41.4 Å². The first kappa shape index (κ1) is 21.8. The smallest absolute Gasteiger partial charge is 0.218 e. The zero-order valence-electron chi connectivity index (χ0n) is 17.6. The first-order chi connectivity index (χ1) is 14.3. The van der Waals surface area contributed by atoms with Crippen LogP contribution in [0, 0.1) is 31.1 Å². The van der Waals surface area contributed by atoms with Crippen molar-refractivity contribution in [3.05, 3.63) is 58.1 Å². The molecule has 0 radical (unpaired) electrons. The summed E-state index contributed by atoms with van der Waals surface area (Å²) < 4.78 is 10.5. The molecule has 0 unspecified atom stereocenters. The molecule has 0 aliphatic heterocycles. The van der Waals surface area contributed by atoms with Crippen LogP contribution in [0.4, 0.5) is 5.69 Å². The Morgan fingerprint density at radius 1 is 1.23 bits per heavy atom. The summed E-state index contributed by atoms with van der Waals surface area (Å²) in [5, 5.41) is 13.9. The van der Waals surface area contributed by atoms with Crippen LogP contribution in [0.2, 0.25) is 5.02 Å². The number of aliphatic imine (C=N–C) groups is 1. The fourth-order valence-corrected chi connectivity index (χ4v) is 3.94. The highest BCUT2D eigenvalue weighted by Crippen LogP contribution is 2.40. The van der Waals surface area contributed by atoms with Crippen molar-refractivity contribution in [2.24, 2.45) is 10.9 Å². The quantitative estimate of drug-likeness (QED) is 0.357. The number of hydrogen-bond donors (Lipinski definition) is 1. The van der Waals surface area contributed by atoms with Crippen molar-refractivity contribution in [3.63, 3.8) is 0 Å². The minimum Gasteiger partial charge on any atom is -0.443 e. The molecule has 0 aliphatic carbocycles. The first-order valence-corrected chi connectivity index (χ1v) is 10.7. The van der Waals surface area contributed by atoms with Crippen molar-refractivity contribution >= 4 is 34.7 Å². The molecular weight excluding hydrogens is 416 g/mol.